The molecule has 160 valence electrons. The largest absolute Gasteiger partial charge is 0.381 e. The molecule has 1 unspecified atom stereocenters. The minimum absolute atomic E-state index is 0.00132. The maximum absolute atomic E-state index is 13.7. The number of ether oxygens (including phenoxy) is 1. The minimum Gasteiger partial charge on any atom is -0.381 e. The molecule has 1 aromatic carbocycles. The zero-order valence-electron chi connectivity index (χ0n) is 17.7. The first-order valence-electron chi connectivity index (χ1n) is 10.8. The summed E-state index contributed by atoms with van der Waals surface area (Å²) in [5, 5.41) is 3.13. The van der Waals surface area contributed by atoms with E-state index in [1.165, 1.54) is 0 Å². The first kappa shape index (κ1) is 22.3. The molecular formula is C23H33BrN2O3. The van der Waals surface area contributed by atoms with Crippen molar-refractivity contribution >= 4 is 27.7 Å². The van der Waals surface area contributed by atoms with Crippen molar-refractivity contribution in [2.24, 2.45) is 11.8 Å². The van der Waals surface area contributed by atoms with E-state index >= 15 is 0 Å². The molecule has 2 aliphatic rings. The fourth-order valence-corrected chi connectivity index (χ4v) is 4.54. The molecule has 6 heteroatoms. The smallest absolute Gasteiger partial charge is 0.233 e. The second kappa shape index (κ2) is 9.61. The average molecular weight is 465 g/mol. The van der Waals surface area contributed by atoms with Crippen LogP contribution >= 0.6 is 15.9 Å². The van der Waals surface area contributed by atoms with Gasteiger partial charge >= 0.3 is 0 Å². The summed E-state index contributed by atoms with van der Waals surface area (Å²) in [5.41, 5.74) is 0.555. The number of hydrogen-bond acceptors (Lipinski definition) is 3. The lowest BCUT2D eigenvalue weighted by atomic mass is 9.72. The van der Waals surface area contributed by atoms with Gasteiger partial charge in [0.1, 0.15) is 0 Å². The molecule has 5 nitrogen and oxygen atoms in total. The lowest BCUT2D eigenvalue weighted by molar-refractivity contribution is -0.144. The van der Waals surface area contributed by atoms with E-state index in [4.69, 9.17) is 4.74 Å². The van der Waals surface area contributed by atoms with Gasteiger partial charge in [-0.15, -0.1) is 0 Å². The Kier molecular flexibility index (Phi) is 7.38. The van der Waals surface area contributed by atoms with E-state index in [0.29, 0.717) is 45.1 Å². The first-order valence-corrected chi connectivity index (χ1v) is 11.6. The van der Waals surface area contributed by atoms with E-state index in [1.807, 2.05) is 24.0 Å². The van der Waals surface area contributed by atoms with E-state index in [-0.39, 0.29) is 23.8 Å². The fourth-order valence-electron chi connectivity index (χ4n) is 4.27. The van der Waals surface area contributed by atoms with Crippen LogP contribution in [0.2, 0.25) is 0 Å². The summed E-state index contributed by atoms with van der Waals surface area (Å²) in [6, 6.07) is 8.30. The standard InChI is InChI=1S/C23H33BrN2O3/c1-16(2)17(3)25-21(27)18-8-12-26(13-9-18)22(28)23(10-14-29-15-11-23)19-4-6-20(24)7-5-19/h4-7,16-18H,8-15H2,1-3H3,(H,25,27). The zero-order chi connectivity index (χ0) is 21.0. The molecule has 0 aliphatic carbocycles. The Morgan fingerprint density at radius 1 is 1.10 bits per heavy atom. The maximum atomic E-state index is 13.7. The topological polar surface area (TPSA) is 58.6 Å². The van der Waals surface area contributed by atoms with Crippen LogP contribution in [0, 0.1) is 11.8 Å². The number of nitrogens with zero attached hydrogens (tertiary/aromatic N) is 1. The van der Waals surface area contributed by atoms with Crippen molar-refractivity contribution < 1.29 is 14.3 Å². The van der Waals surface area contributed by atoms with Crippen molar-refractivity contribution in [2.45, 2.75) is 57.9 Å². The lowest BCUT2D eigenvalue weighted by Crippen LogP contribution is -2.53. The molecule has 2 fully saturated rings. The van der Waals surface area contributed by atoms with E-state index < -0.39 is 5.41 Å². The van der Waals surface area contributed by atoms with Crippen LogP contribution < -0.4 is 5.32 Å². The Balaban J connectivity index is 1.67. The number of benzene rings is 1. The number of rotatable bonds is 5. The van der Waals surface area contributed by atoms with Crippen LogP contribution in [0.1, 0.15) is 52.0 Å². The Labute approximate surface area is 182 Å². The van der Waals surface area contributed by atoms with E-state index in [9.17, 15) is 9.59 Å². The quantitative estimate of drug-likeness (QED) is 0.718. The van der Waals surface area contributed by atoms with E-state index in [0.717, 1.165) is 22.9 Å². The van der Waals surface area contributed by atoms with Gasteiger partial charge in [0.2, 0.25) is 11.8 Å². The van der Waals surface area contributed by atoms with Crippen molar-refractivity contribution in [3.8, 4) is 0 Å². The Hall–Kier alpha value is -1.40. The molecule has 0 bridgehead atoms. The van der Waals surface area contributed by atoms with Gasteiger partial charge in [-0.05, 0) is 56.2 Å². The Morgan fingerprint density at radius 3 is 2.24 bits per heavy atom. The van der Waals surface area contributed by atoms with Crippen molar-refractivity contribution in [3.63, 3.8) is 0 Å². The number of amides is 2. The SMILES string of the molecule is CC(C)C(C)NC(=O)C1CCN(C(=O)C2(c3ccc(Br)cc3)CCOCC2)CC1. The number of hydrogen-bond donors (Lipinski definition) is 1. The number of carbonyl (C=O) groups is 2. The molecule has 2 heterocycles. The molecule has 2 amide bonds. The third-order valence-electron chi connectivity index (χ3n) is 6.68. The molecule has 3 rings (SSSR count). The van der Waals surface area contributed by atoms with Crippen molar-refractivity contribution in [3.05, 3.63) is 34.3 Å². The van der Waals surface area contributed by atoms with Gasteiger partial charge in [-0.3, -0.25) is 9.59 Å². The highest BCUT2D eigenvalue weighted by Gasteiger charge is 2.45. The summed E-state index contributed by atoms with van der Waals surface area (Å²) in [7, 11) is 0. The second-order valence-electron chi connectivity index (χ2n) is 8.81. The number of nitrogens with one attached hydrogen (secondary N) is 1. The van der Waals surface area contributed by atoms with Gasteiger partial charge in [-0.2, -0.15) is 0 Å². The predicted molar refractivity (Wildman–Crippen MR) is 118 cm³/mol. The van der Waals surface area contributed by atoms with Crippen molar-refractivity contribution in [2.75, 3.05) is 26.3 Å². The lowest BCUT2D eigenvalue weighted by Gasteiger charge is -2.42. The van der Waals surface area contributed by atoms with Crippen molar-refractivity contribution in [1.82, 2.24) is 10.2 Å². The van der Waals surface area contributed by atoms with Gasteiger partial charge < -0.3 is 15.0 Å². The number of halogens is 1. The van der Waals surface area contributed by atoms with Crippen molar-refractivity contribution in [1.29, 1.82) is 0 Å². The first-order chi connectivity index (χ1) is 13.8. The van der Waals surface area contributed by atoms with Gasteiger partial charge in [-0.1, -0.05) is 41.9 Å². The molecule has 0 aromatic heterocycles. The molecule has 0 radical (unpaired) electrons. The van der Waals surface area contributed by atoms with E-state index in [2.05, 4.69) is 47.2 Å². The molecule has 0 spiro atoms. The molecule has 1 atom stereocenters. The number of likely N-dealkylation sites (tertiary alicyclic amines) is 1. The highest BCUT2D eigenvalue weighted by Crippen LogP contribution is 2.38. The van der Waals surface area contributed by atoms with Crippen LogP contribution in [0.3, 0.4) is 0 Å². The maximum Gasteiger partial charge on any atom is 0.233 e. The predicted octanol–water partition coefficient (Wildman–Crippen LogP) is 3.90. The Bertz CT molecular complexity index is 705. The summed E-state index contributed by atoms with van der Waals surface area (Å²) in [6.07, 6.45) is 2.88. The van der Waals surface area contributed by atoms with Gasteiger partial charge in [0, 0.05) is 42.7 Å². The van der Waals surface area contributed by atoms with Crippen LogP contribution in [-0.4, -0.2) is 49.1 Å². The highest BCUT2D eigenvalue weighted by molar-refractivity contribution is 9.10. The second-order valence-corrected chi connectivity index (χ2v) is 9.72. The van der Waals surface area contributed by atoms with E-state index in [1.54, 1.807) is 0 Å². The van der Waals surface area contributed by atoms with Gasteiger partial charge in [0.25, 0.3) is 0 Å². The number of carbonyl (C=O) groups excluding carboxylic acids is 2. The molecule has 2 aliphatic heterocycles. The van der Waals surface area contributed by atoms with Gasteiger partial charge in [0.05, 0.1) is 5.41 Å². The van der Waals surface area contributed by atoms with Crippen LogP contribution in [0.15, 0.2) is 28.7 Å². The Morgan fingerprint density at radius 2 is 1.69 bits per heavy atom. The molecule has 29 heavy (non-hydrogen) atoms. The van der Waals surface area contributed by atoms with Gasteiger partial charge in [-0.25, -0.2) is 0 Å². The molecule has 1 aromatic rings. The fraction of sp³-hybridized carbons (Fsp3) is 0.652. The molecule has 1 N–H and O–H groups in total. The third-order valence-corrected chi connectivity index (χ3v) is 7.20. The molecule has 2 saturated heterocycles. The third kappa shape index (κ3) is 5.02. The van der Waals surface area contributed by atoms with Crippen LogP contribution in [0.4, 0.5) is 0 Å². The highest BCUT2D eigenvalue weighted by atomic mass is 79.9. The van der Waals surface area contributed by atoms with Crippen LogP contribution in [0.5, 0.6) is 0 Å². The van der Waals surface area contributed by atoms with Crippen LogP contribution in [-0.2, 0) is 19.7 Å². The minimum atomic E-state index is -0.514. The normalized spacial score (nSPS) is 21.1. The molecule has 0 saturated carbocycles. The summed E-state index contributed by atoms with van der Waals surface area (Å²) < 4.78 is 6.59. The number of piperidine rings is 1. The monoisotopic (exact) mass is 464 g/mol. The summed E-state index contributed by atoms with van der Waals surface area (Å²) in [6.45, 7) is 8.78. The molecular weight excluding hydrogens is 432 g/mol. The summed E-state index contributed by atoms with van der Waals surface area (Å²) in [5.74, 6) is 0.739. The summed E-state index contributed by atoms with van der Waals surface area (Å²) >= 11 is 3.49. The zero-order valence-corrected chi connectivity index (χ0v) is 19.3. The van der Waals surface area contributed by atoms with Crippen LogP contribution in [0.25, 0.3) is 0 Å². The average Bonchev–Trinajstić information content (AvgIpc) is 2.74. The van der Waals surface area contributed by atoms with Gasteiger partial charge in [0.15, 0.2) is 0 Å². The summed E-state index contributed by atoms with van der Waals surface area (Å²) in [4.78, 5) is 28.2.